The molecule has 0 heterocycles. The van der Waals surface area contributed by atoms with E-state index in [0.29, 0.717) is 0 Å². The van der Waals surface area contributed by atoms with E-state index in [-0.39, 0.29) is 18.4 Å². The molecule has 3 N–H and O–H groups in total. The lowest BCUT2D eigenvalue weighted by atomic mass is 9.76. The Hall–Kier alpha value is -1.88. The van der Waals surface area contributed by atoms with E-state index in [2.05, 4.69) is 0 Å². The lowest BCUT2D eigenvalue weighted by Gasteiger charge is -2.32. The summed E-state index contributed by atoms with van der Waals surface area (Å²) >= 11 is 0. The first-order chi connectivity index (χ1) is 10.4. The maximum atomic E-state index is 12.3. The number of hydrogen-bond donors (Lipinski definition) is 2. The molecule has 0 radical (unpaired) electrons. The molecule has 0 spiro atoms. The number of benzene rings is 1. The summed E-state index contributed by atoms with van der Waals surface area (Å²) in [5.41, 5.74) is 4.55. The average molecular weight is 305 g/mol. The monoisotopic (exact) mass is 305 g/mol. The van der Waals surface area contributed by atoms with Crippen LogP contribution in [0, 0.1) is 5.41 Å². The standard InChI is InChI=1S/C17H23NO4/c1-16(9-5-6-10-16)12-17(18,14(19)20)15(21)22-11-13-7-3-2-4-8-13/h2-4,7-8H,5-6,9-12,18H2,1H3,(H,19,20). The van der Waals surface area contributed by atoms with Gasteiger partial charge in [0.1, 0.15) is 6.61 Å². The maximum absolute atomic E-state index is 12.3. The number of nitrogens with two attached hydrogens (primary N) is 1. The summed E-state index contributed by atoms with van der Waals surface area (Å²) in [5.74, 6) is -2.18. The van der Waals surface area contributed by atoms with Crippen LogP contribution in [-0.4, -0.2) is 22.6 Å². The lowest BCUT2D eigenvalue weighted by Crippen LogP contribution is -2.58. The number of esters is 1. The van der Waals surface area contributed by atoms with Crippen molar-refractivity contribution in [3.8, 4) is 0 Å². The van der Waals surface area contributed by atoms with Crippen LogP contribution in [0.2, 0.25) is 0 Å². The summed E-state index contributed by atoms with van der Waals surface area (Å²) in [6.07, 6.45) is 4.00. The number of carbonyl (C=O) groups is 2. The van der Waals surface area contributed by atoms with Crippen molar-refractivity contribution in [2.45, 2.75) is 51.2 Å². The van der Waals surface area contributed by atoms with Crippen molar-refractivity contribution in [3.05, 3.63) is 35.9 Å². The Kier molecular flexibility index (Phi) is 4.86. The highest BCUT2D eigenvalue weighted by atomic mass is 16.5. The van der Waals surface area contributed by atoms with Crippen LogP contribution < -0.4 is 5.73 Å². The molecule has 1 atom stereocenters. The smallest absolute Gasteiger partial charge is 0.338 e. The molecular formula is C17H23NO4. The van der Waals surface area contributed by atoms with E-state index in [1.54, 1.807) is 0 Å². The second-order valence-corrected chi connectivity index (χ2v) is 6.53. The van der Waals surface area contributed by atoms with Crippen molar-refractivity contribution in [2.24, 2.45) is 11.1 Å². The van der Waals surface area contributed by atoms with Crippen LogP contribution in [0.3, 0.4) is 0 Å². The van der Waals surface area contributed by atoms with Gasteiger partial charge in [-0.1, -0.05) is 50.1 Å². The molecule has 1 unspecified atom stereocenters. The van der Waals surface area contributed by atoms with Gasteiger partial charge in [0.15, 0.2) is 0 Å². The van der Waals surface area contributed by atoms with Gasteiger partial charge in [-0.15, -0.1) is 0 Å². The third kappa shape index (κ3) is 3.65. The number of ether oxygens (including phenoxy) is 1. The van der Waals surface area contributed by atoms with Gasteiger partial charge in [-0.2, -0.15) is 0 Å². The zero-order valence-electron chi connectivity index (χ0n) is 12.9. The van der Waals surface area contributed by atoms with Crippen LogP contribution >= 0.6 is 0 Å². The topological polar surface area (TPSA) is 89.6 Å². The van der Waals surface area contributed by atoms with E-state index in [1.807, 2.05) is 37.3 Å². The van der Waals surface area contributed by atoms with Gasteiger partial charge >= 0.3 is 11.9 Å². The Balaban J connectivity index is 2.05. The lowest BCUT2D eigenvalue weighted by molar-refractivity contribution is -0.163. The van der Waals surface area contributed by atoms with Crippen molar-refractivity contribution in [2.75, 3.05) is 0 Å². The molecule has 1 aromatic carbocycles. The summed E-state index contributed by atoms with van der Waals surface area (Å²) in [4.78, 5) is 23.9. The molecular weight excluding hydrogens is 282 g/mol. The fourth-order valence-corrected chi connectivity index (χ4v) is 3.17. The highest BCUT2D eigenvalue weighted by Crippen LogP contribution is 2.43. The number of aliphatic carboxylic acids is 1. The summed E-state index contributed by atoms with van der Waals surface area (Å²) in [6.45, 7) is 2.03. The van der Waals surface area contributed by atoms with Gasteiger partial charge in [0.05, 0.1) is 0 Å². The predicted molar refractivity (Wildman–Crippen MR) is 82.0 cm³/mol. The van der Waals surface area contributed by atoms with Crippen molar-refractivity contribution >= 4 is 11.9 Å². The van der Waals surface area contributed by atoms with Gasteiger partial charge in [-0.3, -0.25) is 0 Å². The van der Waals surface area contributed by atoms with E-state index in [9.17, 15) is 14.7 Å². The minimum Gasteiger partial charge on any atom is -0.479 e. The molecule has 0 bridgehead atoms. The highest BCUT2D eigenvalue weighted by Gasteiger charge is 2.49. The van der Waals surface area contributed by atoms with Crippen molar-refractivity contribution in [1.29, 1.82) is 0 Å². The van der Waals surface area contributed by atoms with E-state index < -0.39 is 17.5 Å². The van der Waals surface area contributed by atoms with Crippen molar-refractivity contribution in [1.82, 2.24) is 0 Å². The number of rotatable bonds is 6. The zero-order chi connectivity index (χ0) is 16.2. The van der Waals surface area contributed by atoms with Crippen LogP contribution in [0.4, 0.5) is 0 Å². The molecule has 1 fully saturated rings. The van der Waals surface area contributed by atoms with Gasteiger partial charge in [0.2, 0.25) is 5.54 Å². The Morgan fingerprint density at radius 1 is 1.27 bits per heavy atom. The maximum Gasteiger partial charge on any atom is 0.338 e. The SMILES string of the molecule is CC1(CC(N)(C(=O)O)C(=O)OCc2ccccc2)CCCC1. The molecule has 1 aliphatic carbocycles. The average Bonchev–Trinajstić information content (AvgIpc) is 2.91. The zero-order valence-corrected chi connectivity index (χ0v) is 12.9. The number of carbonyl (C=O) groups excluding carboxylic acids is 1. The van der Waals surface area contributed by atoms with Gasteiger partial charge in [0, 0.05) is 0 Å². The van der Waals surface area contributed by atoms with E-state index in [1.165, 1.54) is 0 Å². The molecule has 0 amide bonds. The van der Waals surface area contributed by atoms with Gasteiger partial charge < -0.3 is 15.6 Å². The first-order valence-corrected chi connectivity index (χ1v) is 7.59. The van der Waals surface area contributed by atoms with Crippen LogP contribution in [0.5, 0.6) is 0 Å². The molecule has 2 rings (SSSR count). The Labute approximate surface area is 130 Å². The number of hydrogen-bond acceptors (Lipinski definition) is 4. The van der Waals surface area contributed by atoms with Gasteiger partial charge in [0.25, 0.3) is 0 Å². The van der Waals surface area contributed by atoms with E-state index in [0.717, 1.165) is 31.2 Å². The first kappa shape index (κ1) is 16.5. The third-order valence-electron chi connectivity index (χ3n) is 4.47. The van der Waals surface area contributed by atoms with Crippen LogP contribution in [0.1, 0.15) is 44.6 Å². The molecule has 5 heteroatoms. The fraction of sp³-hybridized carbons (Fsp3) is 0.529. The first-order valence-electron chi connectivity index (χ1n) is 7.59. The number of carboxylic acid groups (broad SMARTS) is 1. The Morgan fingerprint density at radius 2 is 1.86 bits per heavy atom. The summed E-state index contributed by atoms with van der Waals surface area (Å²) in [6, 6.07) is 9.14. The summed E-state index contributed by atoms with van der Waals surface area (Å²) in [5, 5.41) is 9.45. The van der Waals surface area contributed by atoms with Crippen LogP contribution in [0.25, 0.3) is 0 Å². The molecule has 0 aromatic heterocycles. The van der Waals surface area contributed by atoms with Crippen LogP contribution in [-0.2, 0) is 20.9 Å². The second-order valence-electron chi connectivity index (χ2n) is 6.53. The van der Waals surface area contributed by atoms with E-state index >= 15 is 0 Å². The molecule has 22 heavy (non-hydrogen) atoms. The highest BCUT2D eigenvalue weighted by molar-refractivity contribution is 6.03. The number of carboxylic acids is 1. The molecule has 120 valence electrons. The molecule has 1 saturated carbocycles. The molecule has 1 aliphatic rings. The molecule has 0 saturated heterocycles. The molecule has 5 nitrogen and oxygen atoms in total. The summed E-state index contributed by atoms with van der Waals surface area (Å²) in [7, 11) is 0. The molecule has 1 aromatic rings. The fourth-order valence-electron chi connectivity index (χ4n) is 3.17. The third-order valence-corrected chi connectivity index (χ3v) is 4.47. The predicted octanol–water partition coefficient (Wildman–Crippen LogP) is 2.48. The van der Waals surface area contributed by atoms with Crippen molar-refractivity contribution < 1.29 is 19.4 Å². The summed E-state index contributed by atoms with van der Waals surface area (Å²) < 4.78 is 5.17. The van der Waals surface area contributed by atoms with Crippen LogP contribution in [0.15, 0.2) is 30.3 Å². The Bertz CT molecular complexity index is 537. The quantitative estimate of drug-likeness (QED) is 0.622. The minimum atomic E-state index is -1.98. The minimum absolute atomic E-state index is 0.0304. The normalized spacial score (nSPS) is 19.4. The van der Waals surface area contributed by atoms with Gasteiger partial charge in [-0.05, 0) is 30.2 Å². The Morgan fingerprint density at radius 3 is 2.41 bits per heavy atom. The van der Waals surface area contributed by atoms with E-state index in [4.69, 9.17) is 10.5 Å². The second kappa shape index (κ2) is 6.48. The van der Waals surface area contributed by atoms with Crippen molar-refractivity contribution in [3.63, 3.8) is 0 Å². The largest absolute Gasteiger partial charge is 0.479 e. The van der Waals surface area contributed by atoms with Gasteiger partial charge in [-0.25, -0.2) is 9.59 Å². The molecule has 0 aliphatic heterocycles.